The lowest BCUT2D eigenvalue weighted by atomic mass is 10.1. The third kappa shape index (κ3) is 4.71. The monoisotopic (exact) mass is 277 g/mol. The highest BCUT2D eigenvalue weighted by Gasteiger charge is 2.40. The molecule has 1 aliphatic rings. The van der Waals surface area contributed by atoms with Gasteiger partial charge in [0, 0.05) is 19.6 Å². The van der Waals surface area contributed by atoms with E-state index in [2.05, 4.69) is 5.32 Å². The molecular weight excluding hydrogens is 259 g/mol. The molecular formula is C12H18F3N3O. The van der Waals surface area contributed by atoms with Crippen LogP contribution in [0.25, 0.3) is 0 Å². The molecule has 2 unspecified atom stereocenters. The minimum absolute atomic E-state index is 0.196. The number of hydrogen-bond donors (Lipinski definition) is 1. The molecule has 0 aromatic carbocycles. The zero-order valence-corrected chi connectivity index (χ0v) is 10.8. The highest BCUT2D eigenvalue weighted by molar-refractivity contribution is 5.81. The number of nitriles is 1. The van der Waals surface area contributed by atoms with Crippen molar-refractivity contribution in [3.63, 3.8) is 0 Å². The molecule has 2 atom stereocenters. The van der Waals surface area contributed by atoms with Crippen molar-refractivity contribution >= 4 is 5.91 Å². The Bertz CT molecular complexity index is 345. The Labute approximate surface area is 110 Å². The maximum atomic E-state index is 12.4. The first-order chi connectivity index (χ1) is 8.86. The van der Waals surface area contributed by atoms with Gasteiger partial charge in [0.05, 0.1) is 12.1 Å². The van der Waals surface area contributed by atoms with Crippen molar-refractivity contribution in [3.8, 4) is 6.07 Å². The Balaban J connectivity index is 2.44. The van der Waals surface area contributed by atoms with Crippen LogP contribution >= 0.6 is 0 Å². The normalized spacial score (nSPS) is 19.6. The van der Waals surface area contributed by atoms with E-state index in [4.69, 9.17) is 5.26 Å². The lowest BCUT2D eigenvalue weighted by molar-refractivity contribution is -0.158. The number of rotatable bonds is 4. The zero-order chi connectivity index (χ0) is 14.5. The van der Waals surface area contributed by atoms with Crippen molar-refractivity contribution in [1.82, 2.24) is 10.2 Å². The SMILES string of the molecule is CC(NCC(C#N)C(F)(F)F)C(=O)N1CCCCC1. The molecule has 4 nitrogen and oxygen atoms in total. The Morgan fingerprint density at radius 2 is 1.95 bits per heavy atom. The average molecular weight is 277 g/mol. The zero-order valence-electron chi connectivity index (χ0n) is 10.8. The van der Waals surface area contributed by atoms with E-state index >= 15 is 0 Å². The summed E-state index contributed by atoms with van der Waals surface area (Å²) in [7, 11) is 0. The van der Waals surface area contributed by atoms with E-state index in [1.54, 1.807) is 4.90 Å². The Kier molecular flexibility index (Phi) is 5.60. The molecule has 1 amide bonds. The number of piperidine rings is 1. The molecule has 0 radical (unpaired) electrons. The number of hydrogen-bond acceptors (Lipinski definition) is 3. The molecule has 1 aliphatic heterocycles. The Morgan fingerprint density at radius 3 is 2.42 bits per heavy atom. The fourth-order valence-corrected chi connectivity index (χ4v) is 2.00. The molecule has 0 bridgehead atoms. The predicted molar refractivity (Wildman–Crippen MR) is 63.1 cm³/mol. The summed E-state index contributed by atoms with van der Waals surface area (Å²) >= 11 is 0. The van der Waals surface area contributed by atoms with Crippen LogP contribution in [-0.2, 0) is 4.79 Å². The van der Waals surface area contributed by atoms with Crippen LogP contribution in [0.2, 0.25) is 0 Å². The second kappa shape index (κ2) is 6.75. The number of alkyl halides is 3. The lowest BCUT2D eigenvalue weighted by Gasteiger charge is -2.29. The molecule has 0 aromatic rings. The van der Waals surface area contributed by atoms with Crippen LogP contribution in [0, 0.1) is 17.2 Å². The number of nitrogens with one attached hydrogen (secondary N) is 1. The number of amides is 1. The van der Waals surface area contributed by atoms with Crippen molar-refractivity contribution in [2.75, 3.05) is 19.6 Å². The van der Waals surface area contributed by atoms with E-state index in [1.165, 1.54) is 13.0 Å². The van der Waals surface area contributed by atoms with Gasteiger partial charge in [0.1, 0.15) is 0 Å². The van der Waals surface area contributed by atoms with Gasteiger partial charge in [-0.2, -0.15) is 18.4 Å². The fourth-order valence-electron chi connectivity index (χ4n) is 2.00. The summed E-state index contributed by atoms with van der Waals surface area (Å²) in [6, 6.07) is 0.506. The predicted octanol–water partition coefficient (Wildman–Crippen LogP) is 1.68. The van der Waals surface area contributed by atoms with Gasteiger partial charge in [-0.25, -0.2) is 0 Å². The summed E-state index contributed by atoms with van der Waals surface area (Å²) in [5, 5.41) is 11.0. The molecule has 0 aliphatic carbocycles. The summed E-state index contributed by atoms with van der Waals surface area (Å²) in [5.74, 6) is -2.28. The van der Waals surface area contributed by atoms with Gasteiger partial charge in [-0.3, -0.25) is 4.79 Å². The van der Waals surface area contributed by atoms with E-state index in [1.807, 2.05) is 0 Å². The first-order valence-electron chi connectivity index (χ1n) is 6.34. The summed E-state index contributed by atoms with van der Waals surface area (Å²) in [5.41, 5.74) is 0. The van der Waals surface area contributed by atoms with E-state index < -0.39 is 24.7 Å². The van der Waals surface area contributed by atoms with Crippen molar-refractivity contribution in [1.29, 1.82) is 5.26 Å². The number of nitrogens with zero attached hydrogens (tertiary/aromatic N) is 2. The van der Waals surface area contributed by atoms with Gasteiger partial charge in [0.2, 0.25) is 5.91 Å². The molecule has 0 aromatic heterocycles. The Morgan fingerprint density at radius 1 is 1.37 bits per heavy atom. The molecule has 108 valence electrons. The van der Waals surface area contributed by atoms with Gasteiger partial charge < -0.3 is 10.2 Å². The van der Waals surface area contributed by atoms with Crippen LogP contribution in [0.1, 0.15) is 26.2 Å². The highest BCUT2D eigenvalue weighted by atomic mass is 19.4. The quantitative estimate of drug-likeness (QED) is 0.850. The highest BCUT2D eigenvalue weighted by Crippen LogP contribution is 2.25. The second-order valence-corrected chi connectivity index (χ2v) is 4.74. The third-order valence-corrected chi connectivity index (χ3v) is 3.22. The van der Waals surface area contributed by atoms with Gasteiger partial charge in [-0.05, 0) is 26.2 Å². The molecule has 0 saturated carbocycles. The maximum Gasteiger partial charge on any atom is 0.405 e. The molecule has 19 heavy (non-hydrogen) atoms. The van der Waals surface area contributed by atoms with Crippen LogP contribution in [0.15, 0.2) is 0 Å². The lowest BCUT2D eigenvalue weighted by Crippen LogP contribution is -2.48. The average Bonchev–Trinajstić information content (AvgIpc) is 2.37. The van der Waals surface area contributed by atoms with Gasteiger partial charge >= 0.3 is 6.18 Å². The van der Waals surface area contributed by atoms with Crippen LogP contribution in [0.3, 0.4) is 0 Å². The molecule has 0 spiro atoms. The minimum Gasteiger partial charge on any atom is -0.341 e. The van der Waals surface area contributed by atoms with Crippen LogP contribution in [-0.4, -0.2) is 42.7 Å². The van der Waals surface area contributed by atoms with Gasteiger partial charge in [0.25, 0.3) is 0 Å². The van der Waals surface area contributed by atoms with Crippen LogP contribution < -0.4 is 5.32 Å². The van der Waals surface area contributed by atoms with Gasteiger partial charge in [0.15, 0.2) is 5.92 Å². The topological polar surface area (TPSA) is 56.1 Å². The van der Waals surface area contributed by atoms with Gasteiger partial charge in [-0.15, -0.1) is 0 Å². The van der Waals surface area contributed by atoms with Crippen LogP contribution in [0.4, 0.5) is 13.2 Å². The van der Waals surface area contributed by atoms with Crippen molar-refractivity contribution in [2.45, 2.75) is 38.4 Å². The van der Waals surface area contributed by atoms with Crippen molar-refractivity contribution in [3.05, 3.63) is 0 Å². The first kappa shape index (κ1) is 15.8. The smallest absolute Gasteiger partial charge is 0.341 e. The van der Waals surface area contributed by atoms with E-state index in [-0.39, 0.29) is 5.91 Å². The molecule has 1 saturated heterocycles. The summed E-state index contributed by atoms with van der Waals surface area (Å²) in [6.45, 7) is 2.29. The fraction of sp³-hybridized carbons (Fsp3) is 0.833. The Hall–Kier alpha value is -1.29. The molecule has 1 fully saturated rings. The van der Waals surface area contributed by atoms with Crippen LogP contribution in [0.5, 0.6) is 0 Å². The first-order valence-corrected chi connectivity index (χ1v) is 6.34. The third-order valence-electron chi connectivity index (χ3n) is 3.22. The molecule has 1 heterocycles. The van der Waals surface area contributed by atoms with Crippen molar-refractivity contribution < 1.29 is 18.0 Å². The largest absolute Gasteiger partial charge is 0.405 e. The minimum atomic E-state index is -4.56. The van der Waals surface area contributed by atoms with Gasteiger partial charge in [-0.1, -0.05) is 0 Å². The van der Waals surface area contributed by atoms with E-state index in [0.717, 1.165) is 19.3 Å². The maximum absolute atomic E-state index is 12.4. The summed E-state index contributed by atoms with van der Waals surface area (Å²) < 4.78 is 37.1. The van der Waals surface area contributed by atoms with E-state index in [9.17, 15) is 18.0 Å². The summed E-state index contributed by atoms with van der Waals surface area (Å²) in [4.78, 5) is 13.6. The molecule has 1 N–H and O–H groups in total. The standard InChI is InChI=1S/C12H18F3N3O/c1-9(11(19)18-5-3-2-4-6-18)17-8-10(7-16)12(13,14)15/h9-10,17H,2-6,8H2,1H3. The summed E-state index contributed by atoms with van der Waals surface area (Å²) in [6.07, 6.45) is -1.62. The van der Waals surface area contributed by atoms with E-state index in [0.29, 0.717) is 13.1 Å². The second-order valence-electron chi connectivity index (χ2n) is 4.74. The molecule has 7 heteroatoms. The number of likely N-dealkylation sites (tertiary alicyclic amines) is 1. The van der Waals surface area contributed by atoms with Crippen molar-refractivity contribution in [2.24, 2.45) is 5.92 Å². The number of carbonyl (C=O) groups is 1. The number of halogens is 3. The molecule has 1 rings (SSSR count). The number of carbonyl (C=O) groups excluding carboxylic acids is 1.